The maximum Gasteiger partial charge on any atom is 0.243 e. The largest absolute Gasteiger partial charge is 0.399 e. The zero-order valence-electron chi connectivity index (χ0n) is 11.2. The van der Waals surface area contributed by atoms with E-state index < -0.39 is 26.6 Å². The Morgan fingerprint density at radius 2 is 1.80 bits per heavy atom. The van der Waals surface area contributed by atoms with E-state index in [1.54, 1.807) is 0 Å². The van der Waals surface area contributed by atoms with E-state index in [2.05, 4.69) is 11.6 Å². The zero-order chi connectivity index (χ0) is 14.9. The van der Waals surface area contributed by atoms with Crippen molar-refractivity contribution in [2.24, 2.45) is 5.92 Å². The molecular weight excluding hydrogens is 286 g/mol. The normalized spacial score (nSPS) is 23.8. The van der Waals surface area contributed by atoms with Gasteiger partial charge < -0.3 is 5.73 Å². The van der Waals surface area contributed by atoms with Crippen molar-refractivity contribution < 1.29 is 17.2 Å². The minimum Gasteiger partial charge on any atom is -0.399 e. The number of sulfonamides is 1. The third-order valence-corrected chi connectivity index (χ3v) is 5.16. The monoisotopic (exact) mass is 304 g/mol. The Hall–Kier alpha value is -1.21. The van der Waals surface area contributed by atoms with Gasteiger partial charge in [0, 0.05) is 11.7 Å². The molecule has 0 unspecified atom stereocenters. The van der Waals surface area contributed by atoms with Gasteiger partial charge in [-0.1, -0.05) is 6.92 Å². The molecule has 0 heterocycles. The van der Waals surface area contributed by atoms with Crippen LogP contribution in [0.15, 0.2) is 17.0 Å². The van der Waals surface area contributed by atoms with Gasteiger partial charge in [-0.15, -0.1) is 0 Å². The van der Waals surface area contributed by atoms with Crippen molar-refractivity contribution in [2.75, 3.05) is 5.73 Å². The second-order valence-corrected chi connectivity index (χ2v) is 7.08. The maximum absolute atomic E-state index is 13.6. The van der Waals surface area contributed by atoms with Crippen LogP contribution in [0.5, 0.6) is 0 Å². The summed E-state index contributed by atoms with van der Waals surface area (Å²) in [5.74, 6) is -2.09. The average molecular weight is 304 g/mol. The van der Waals surface area contributed by atoms with Crippen LogP contribution in [0.4, 0.5) is 14.5 Å². The molecule has 0 aliphatic heterocycles. The maximum atomic E-state index is 13.6. The van der Waals surface area contributed by atoms with Gasteiger partial charge in [0.1, 0.15) is 4.90 Å². The summed E-state index contributed by atoms with van der Waals surface area (Å²) in [5, 5.41) is 0. The Kier molecular flexibility index (Phi) is 4.29. The Morgan fingerprint density at radius 3 is 2.40 bits per heavy atom. The van der Waals surface area contributed by atoms with E-state index in [-0.39, 0.29) is 11.7 Å². The van der Waals surface area contributed by atoms with E-state index in [1.807, 2.05) is 0 Å². The van der Waals surface area contributed by atoms with Crippen molar-refractivity contribution in [3.05, 3.63) is 23.8 Å². The van der Waals surface area contributed by atoms with Gasteiger partial charge in [0.2, 0.25) is 10.0 Å². The summed E-state index contributed by atoms with van der Waals surface area (Å²) in [5.41, 5.74) is 5.25. The molecule has 1 saturated carbocycles. The number of rotatable bonds is 3. The first-order valence-corrected chi connectivity index (χ1v) is 8.05. The zero-order valence-corrected chi connectivity index (χ0v) is 12.0. The van der Waals surface area contributed by atoms with Gasteiger partial charge in [-0.25, -0.2) is 21.9 Å². The highest BCUT2D eigenvalue weighted by Crippen LogP contribution is 2.26. The van der Waals surface area contributed by atoms with E-state index in [0.717, 1.165) is 25.0 Å². The number of nitrogen functional groups attached to an aromatic ring is 1. The van der Waals surface area contributed by atoms with Crippen molar-refractivity contribution in [1.82, 2.24) is 4.72 Å². The molecule has 0 bridgehead atoms. The lowest BCUT2D eigenvalue weighted by Gasteiger charge is -2.26. The second-order valence-electron chi connectivity index (χ2n) is 5.39. The Labute approximate surface area is 117 Å². The molecule has 112 valence electrons. The van der Waals surface area contributed by atoms with Gasteiger partial charge in [-0.2, -0.15) is 0 Å². The van der Waals surface area contributed by atoms with Gasteiger partial charge in [-0.3, -0.25) is 0 Å². The molecular formula is C13H18F2N2O2S. The number of halogens is 2. The summed E-state index contributed by atoms with van der Waals surface area (Å²) < 4.78 is 53.6. The number of nitrogens with one attached hydrogen (secondary N) is 1. The molecule has 2 rings (SSSR count). The molecule has 1 aliphatic carbocycles. The van der Waals surface area contributed by atoms with Gasteiger partial charge in [-0.05, 0) is 43.7 Å². The second kappa shape index (κ2) is 5.65. The summed E-state index contributed by atoms with van der Waals surface area (Å²) in [6.45, 7) is 2.11. The van der Waals surface area contributed by atoms with Gasteiger partial charge >= 0.3 is 0 Å². The molecule has 0 atom stereocenters. The highest BCUT2D eigenvalue weighted by molar-refractivity contribution is 7.89. The average Bonchev–Trinajstić information content (AvgIpc) is 2.36. The summed E-state index contributed by atoms with van der Waals surface area (Å²) in [6.07, 6.45) is 3.24. The summed E-state index contributed by atoms with van der Waals surface area (Å²) in [4.78, 5) is -0.728. The van der Waals surface area contributed by atoms with E-state index in [1.165, 1.54) is 0 Å². The molecule has 0 radical (unpaired) electrons. The standard InChI is InChI=1S/C13H18F2N2O2S/c1-8-2-4-10(5-3-8)17-20(18,19)12-7-9(16)6-11(14)13(12)15/h6-8,10,17H,2-5,16H2,1H3. The van der Waals surface area contributed by atoms with Crippen LogP contribution in [0, 0.1) is 17.6 Å². The van der Waals surface area contributed by atoms with Crippen LogP contribution < -0.4 is 10.5 Å². The molecule has 4 nitrogen and oxygen atoms in total. The lowest BCUT2D eigenvalue weighted by Crippen LogP contribution is -2.37. The summed E-state index contributed by atoms with van der Waals surface area (Å²) >= 11 is 0. The fraction of sp³-hybridized carbons (Fsp3) is 0.538. The Morgan fingerprint density at radius 1 is 1.20 bits per heavy atom. The fourth-order valence-corrected chi connectivity index (χ4v) is 3.87. The lowest BCUT2D eigenvalue weighted by atomic mass is 9.88. The van der Waals surface area contributed by atoms with Crippen LogP contribution >= 0.6 is 0 Å². The van der Waals surface area contributed by atoms with Crippen molar-refractivity contribution >= 4 is 15.7 Å². The quantitative estimate of drug-likeness (QED) is 0.842. The van der Waals surface area contributed by atoms with Crippen LogP contribution in [0.3, 0.4) is 0 Å². The highest BCUT2D eigenvalue weighted by atomic mass is 32.2. The van der Waals surface area contributed by atoms with Crippen LogP contribution in [0.25, 0.3) is 0 Å². The first kappa shape index (κ1) is 15.2. The predicted octanol–water partition coefficient (Wildman–Crippen LogP) is 2.40. The lowest BCUT2D eigenvalue weighted by molar-refractivity contribution is 0.331. The van der Waals surface area contributed by atoms with E-state index in [4.69, 9.17) is 5.73 Å². The third kappa shape index (κ3) is 3.27. The van der Waals surface area contributed by atoms with E-state index >= 15 is 0 Å². The molecule has 1 aliphatic rings. The van der Waals surface area contributed by atoms with Gasteiger partial charge in [0.15, 0.2) is 11.6 Å². The number of hydrogen-bond acceptors (Lipinski definition) is 3. The van der Waals surface area contributed by atoms with Gasteiger partial charge in [0.25, 0.3) is 0 Å². The van der Waals surface area contributed by atoms with Crippen molar-refractivity contribution in [2.45, 2.75) is 43.5 Å². The number of nitrogens with two attached hydrogens (primary N) is 1. The van der Waals surface area contributed by atoms with Crippen molar-refractivity contribution in [1.29, 1.82) is 0 Å². The van der Waals surface area contributed by atoms with Crippen LogP contribution in [0.2, 0.25) is 0 Å². The molecule has 3 N–H and O–H groups in total. The van der Waals surface area contributed by atoms with Crippen LogP contribution in [-0.4, -0.2) is 14.5 Å². The summed E-state index contributed by atoms with van der Waals surface area (Å²) in [6, 6.07) is 1.46. The van der Waals surface area contributed by atoms with Crippen molar-refractivity contribution in [3.8, 4) is 0 Å². The molecule has 0 spiro atoms. The Bertz CT molecular complexity index is 597. The van der Waals surface area contributed by atoms with Crippen molar-refractivity contribution in [3.63, 3.8) is 0 Å². The number of benzene rings is 1. The molecule has 0 amide bonds. The molecule has 1 aromatic rings. The van der Waals surface area contributed by atoms with Crippen LogP contribution in [-0.2, 0) is 10.0 Å². The SMILES string of the molecule is CC1CCC(NS(=O)(=O)c2cc(N)cc(F)c2F)CC1. The first-order valence-electron chi connectivity index (χ1n) is 6.56. The minimum atomic E-state index is -4.10. The minimum absolute atomic E-state index is 0.124. The molecule has 0 saturated heterocycles. The predicted molar refractivity (Wildman–Crippen MR) is 72.5 cm³/mol. The molecule has 7 heteroatoms. The summed E-state index contributed by atoms with van der Waals surface area (Å²) in [7, 11) is -4.10. The number of anilines is 1. The first-order chi connectivity index (χ1) is 9.29. The highest BCUT2D eigenvalue weighted by Gasteiger charge is 2.27. The molecule has 0 aromatic heterocycles. The van der Waals surface area contributed by atoms with Gasteiger partial charge in [0.05, 0.1) is 0 Å². The topological polar surface area (TPSA) is 72.2 Å². The third-order valence-electron chi connectivity index (χ3n) is 3.64. The smallest absolute Gasteiger partial charge is 0.243 e. The van der Waals surface area contributed by atoms with E-state index in [9.17, 15) is 17.2 Å². The molecule has 1 fully saturated rings. The molecule has 20 heavy (non-hydrogen) atoms. The fourth-order valence-electron chi connectivity index (χ4n) is 2.44. The number of hydrogen-bond donors (Lipinski definition) is 2. The molecule has 1 aromatic carbocycles. The van der Waals surface area contributed by atoms with Crippen LogP contribution in [0.1, 0.15) is 32.6 Å². The van der Waals surface area contributed by atoms with E-state index in [0.29, 0.717) is 18.8 Å². The Balaban J connectivity index is 2.23.